The van der Waals surface area contributed by atoms with Crippen molar-refractivity contribution in [1.29, 1.82) is 0 Å². The third-order valence-corrected chi connectivity index (χ3v) is 6.29. The van der Waals surface area contributed by atoms with Gasteiger partial charge in [0.1, 0.15) is 4.90 Å². The molecule has 0 spiro atoms. The average Bonchev–Trinajstić information content (AvgIpc) is 3.10. The molecule has 0 saturated carbocycles. The van der Waals surface area contributed by atoms with Crippen LogP contribution < -0.4 is 4.90 Å². The van der Waals surface area contributed by atoms with Gasteiger partial charge in [-0.05, 0) is 31.0 Å². The van der Waals surface area contributed by atoms with Gasteiger partial charge in [0, 0.05) is 32.5 Å². The fraction of sp³-hybridized carbons (Fsp3) is 0.333. The van der Waals surface area contributed by atoms with Crippen molar-refractivity contribution in [1.82, 2.24) is 14.3 Å². The molecule has 0 atom stereocenters. The molecule has 2 aromatic rings. The summed E-state index contributed by atoms with van der Waals surface area (Å²) in [6.45, 7) is 1.08. The second-order valence-corrected chi connectivity index (χ2v) is 7.59. The van der Waals surface area contributed by atoms with Crippen molar-refractivity contribution in [2.75, 3.05) is 25.0 Å². The van der Waals surface area contributed by atoms with Gasteiger partial charge in [-0.25, -0.2) is 18.4 Å². The van der Waals surface area contributed by atoms with Gasteiger partial charge >= 0.3 is 0 Å². The molecule has 1 fully saturated rings. The first-order chi connectivity index (χ1) is 11.0. The fourth-order valence-electron chi connectivity index (χ4n) is 2.60. The van der Waals surface area contributed by atoms with Gasteiger partial charge in [0.25, 0.3) is 0 Å². The van der Waals surface area contributed by atoms with Crippen LogP contribution >= 0.6 is 11.6 Å². The van der Waals surface area contributed by atoms with Crippen LogP contribution in [0.3, 0.4) is 0 Å². The first kappa shape index (κ1) is 16.2. The molecule has 0 bridgehead atoms. The van der Waals surface area contributed by atoms with Crippen LogP contribution in [0.15, 0.2) is 41.6 Å². The molecule has 8 heteroatoms. The Bertz CT molecular complexity index is 792. The van der Waals surface area contributed by atoms with Gasteiger partial charge in [0.05, 0.1) is 10.7 Å². The Morgan fingerprint density at radius 3 is 2.43 bits per heavy atom. The second-order valence-electron chi connectivity index (χ2n) is 5.31. The first-order valence-electron chi connectivity index (χ1n) is 7.31. The lowest BCUT2D eigenvalue weighted by Crippen LogP contribution is -2.28. The Morgan fingerprint density at radius 1 is 1.13 bits per heavy atom. The van der Waals surface area contributed by atoms with Gasteiger partial charge in [0.2, 0.25) is 16.0 Å². The standard InChI is InChI=1S/C15H17ClN4O2S/c1-19(15-17-8-5-9-18-15)12-6-4-7-13(14(12)16)23(21,22)20-10-2-3-11-20/h4-9H,2-3,10-11H2,1H3. The SMILES string of the molecule is CN(c1ncccn1)c1cccc(S(=O)(=O)N2CCCC2)c1Cl. The van der Waals surface area contributed by atoms with E-state index in [2.05, 4.69) is 9.97 Å². The maximum atomic E-state index is 12.8. The molecule has 0 N–H and O–H groups in total. The number of sulfonamides is 1. The van der Waals surface area contributed by atoms with Crippen molar-refractivity contribution in [2.24, 2.45) is 0 Å². The molecule has 2 heterocycles. The summed E-state index contributed by atoms with van der Waals surface area (Å²) in [7, 11) is -1.82. The highest BCUT2D eigenvalue weighted by molar-refractivity contribution is 7.89. The third kappa shape index (κ3) is 3.04. The maximum Gasteiger partial charge on any atom is 0.244 e. The monoisotopic (exact) mass is 352 g/mol. The third-order valence-electron chi connectivity index (χ3n) is 3.84. The Morgan fingerprint density at radius 2 is 1.78 bits per heavy atom. The molecule has 0 unspecified atom stereocenters. The first-order valence-corrected chi connectivity index (χ1v) is 9.13. The van der Waals surface area contributed by atoms with Crippen LogP contribution in [0.25, 0.3) is 0 Å². The molecule has 1 aliphatic rings. The average molecular weight is 353 g/mol. The minimum atomic E-state index is -3.57. The van der Waals surface area contributed by atoms with Crippen LogP contribution in [0.1, 0.15) is 12.8 Å². The second kappa shape index (κ2) is 6.43. The molecule has 3 rings (SSSR count). The summed E-state index contributed by atoms with van der Waals surface area (Å²) in [5.41, 5.74) is 0.554. The predicted octanol–water partition coefficient (Wildman–Crippen LogP) is 2.68. The lowest BCUT2D eigenvalue weighted by atomic mass is 10.3. The van der Waals surface area contributed by atoms with Crippen molar-refractivity contribution in [3.63, 3.8) is 0 Å². The number of hydrogen-bond acceptors (Lipinski definition) is 5. The summed E-state index contributed by atoms with van der Waals surface area (Å²) in [4.78, 5) is 10.1. The van der Waals surface area contributed by atoms with Gasteiger partial charge in [0.15, 0.2) is 0 Å². The smallest absolute Gasteiger partial charge is 0.244 e. The van der Waals surface area contributed by atoms with Gasteiger partial charge in [-0.3, -0.25) is 0 Å². The largest absolute Gasteiger partial charge is 0.312 e. The van der Waals surface area contributed by atoms with E-state index in [0.29, 0.717) is 24.7 Å². The van der Waals surface area contributed by atoms with Crippen LogP contribution in [0.5, 0.6) is 0 Å². The zero-order chi connectivity index (χ0) is 16.4. The lowest BCUT2D eigenvalue weighted by molar-refractivity contribution is 0.477. The minimum Gasteiger partial charge on any atom is -0.312 e. The summed E-state index contributed by atoms with van der Waals surface area (Å²) in [5.74, 6) is 0.449. The van der Waals surface area contributed by atoms with Crippen molar-refractivity contribution in [3.8, 4) is 0 Å². The molecular weight excluding hydrogens is 336 g/mol. The molecular formula is C15H17ClN4O2S. The van der Waals surface area contributed by atoms with Crippen LogP contribution in [0.2, 0.25) is 5.02 Å². The van der Waals surface area contributed by atoms with E-state index in [4.69, 9.17) is 11.6 Å². The van der Waals surface area contributed by atoms with E-state index in [-0.39, 0.29) is 9.92 Å². The van der Waals surface area contributed by atoms with Crippen LogP contribution in [-0.2, 0) is 10.0 Å². The maximum absolute atomic E-state index is 12.8. The summed E-state index contributed by atoms with van der Waals surface area (Å²) < 4.78 is 27.0. The highest BCUT2D eigenvalue weighted by atomic mass is 35.5. The highest BCUT2D eigenvalue weighted by Gasteiger charge is 2.30. The summed E-state index contributed by atoms with van der Waals surface area (Å²) >= 11 is 6.41. The highest BCUT2D eigenvalue weighted by Crippen LogP contribution is 2.35. The van der Waals surface area contributed by atoms with Gasteiger partial charge < -0.3 is 4.90 Å². The molecule has 122 valence electrons. The number of aromatic nitrogens is 2. The van der Waals surface area contributed by atoms with Crippen LogP contribution in [0, 0.1) is 0 Å². The number of hydrogen-bond donors (Lipinski definition) is 0. The summed E-state index contributed by atoms with van der Waals surface area (Å²) in [6, 6.07) is 6.69. The molecule has 0 amide bonds. The summed E-state index contributed by atoms with van der Waals surface area (Å²) in [5, 5.41) is 0.189. The van der Waals surface area contributed by atoms with E-state index in [0.717, 1.165) is 12.8 Å². The van der Waals surface area contributed by atoms with Gasteiger partial charge in [-0.1, -0.05) is 17.7 Å². The minimum absolute atomic E-state index is 0.126. The molecule has 0 radical (unpaired) electrons. The normalized spacial score (nSPS) is 15.7. The number of nitrogens with zero attached hydrogens (tertiary/aromatic N) is 4. The molecule has 6 nitrogen and oxygen atoms in total. The van der Waals surface area contributed by atoms with E-state index in [1.54, 1.807) is 48.6 Å². The number of benzene rings is 1. The zero-order valence-corrected chi connectivity index (χ0v) is 14.3. The Kier molecular flexibility index (Phi) is 4.52. The van der Waals surface area contributed by atoms with Crippen molar-refractivity contribution in [3.05, 3.63) is 41.7 Å². The zero-order valence-electron chi connectivity index (χ0n) is 12.7. The van der Waals surface area contributed by atoms with E-state index < -0.39 is 10.0 Å². The van der Waals surface area contributed by atoms with Crippen molar-refractivity contribution < 1.29 is 8.42 Å². The number of halogens is 1. The molecule has 1 aromatic carbocycles. The Labute approximate surface area is 140 Å². The summed E-state index contributed by atoms with van der Waals surface area (Å²) in [6.07, 6.45) is 5.01. The van der Waals surface area contributed by atoms with E-state index in [1.165, 1.54) is 4.31 Å². The fourth-order valence-corrected chi connectivity index (χ4v) is 4.74. The number of rotatable bonds is 4. The van der Waals surface area contributed by atoms with E-state index >= 15 is 0 Å². The molecule has 23 heavy (non-hydrogen) atoms. The van der Waals surface area contributed by atoms with Gasteiger partial charge in [-0.15, -0.1) is 0 Å². The van der Waals surface area contributed by atoms with Crippen LogP contribution in [-0.4, -0.2) is 42.8 Å². The molecule has 0 aliphatic carbocycles. The van der Waals surface area contributed by atoms with E-state index in [9.17, 15) is 8.42 Å². The Balaban J connectivity index is 2.02. The topological polar surface area (TPSA) is 66.4 Å². The Hall–Kier alpha value is -1.70. The number of anilines is 2. The molecule has 1 aliphatic heterocycles. The quantitative estimate of drug-likeness (QED) is 0.846. The van der Waals surface area contributed by atoms with Gasteiger partial charge in [-0.2, -0.15) is 4.31 Å². The lowest BCUT2D eigenvalue weighted by Gasteiger charge is -2.21. The molecule has 1 saturated heterocycles. The molecule has 1 aromatic heterocycles. The van der Waals surface area contributed by atoms with Crippen LogP contribution in [0.4, 0.5) is 11.6 Å². The predicted molar refractivity (Wildman–Crippen MR) is 89.5 cm³/mol. The van der Waals surface area contributed by atoms with Crippen molar-refractivity contribution in [2.45, 2.75) is 17.7 Å². The van der Waals surface area contributed by atoms with Crippen molar-refractivity contribution >= 4 is 33.3 Å². The van der Waals surface area contributed by atoms with E-state index in [1.807, 2.05) is 0 Å².